The molecule has 3 heteroatoms. The van der Waals surface area contributed by atoms with Crippen LogP contribution in [0, 0.1) is 12.8 Å². The molecular formula is C18H24N2O. The van der Waals surface area contributed by atoms with Gasteiger partial charge in [-0.25, -0.2) is 0 Å². The predicted molar refractivity (Wildman–Crippen MR) is 87.5 cm³/mol. The number of hydrogen-bond donors (Lipinski definition) is 1. The molecule has 1 aromatic heterocycles. The Kier molecular flexibility index (Phi) is 5.34. The summed E-state index contributed by atoms with van der Waals surface area (Å²) in [5.74, 6) is 1.52. The minimum atomic E-state index is 0.658. The van der Waals surface area contributed by atoms with Crippen LogP contribution in [0.5, 0.6) is 5.75 Å². The van der Waals surface area contributed by atoms with E-state index in [9.17, 15) is 0 Å². The molecule has 0 saturated carbocycles. The molecule has 0 bridgehead atoms. The van der Waals surface area contributed by atoms with Crippen molar-refractivity contribution in [3.8, 4) is 17.0 Å². The summed E-state index contributed by atoms with van der Waals surface area (Å²) >= 11 is 0. The van der Waals surface area contributed by atoms with E-state index in [1.807, 2.05) is 24.3 Å². The zero-order chi connectivity index (χ0) is 15.2. The van der Waals surface area contributed by atoms with Gasteiger partial charge >= 0.3 is 0 Å². The fourth-order valence-electron chi connectivity index (χ4n) is 2.28. The maximum Gasteiger partial charge on any atom is 0.128 e. The minimum absolute atomic E-state index is 0.658. The molecule has 2 rings (SSSR count). The monoisotopic (exact) mass is 284 g/mol. The van der Waals surface area contributed by atoms with E-state index in [0.29, 0.717) is 5.92 Å². The van der Waals surface area contributed by atoms with Crippen LogP contribution in [-0.4, -0.2) is 18.6 Å². The van der Waals surface area contributed by atoms with Crippen LogP contribution < -0.4 is 10.1 Å². The lowest BCUT2D eigenvalue weighted by Gasteiger charge is -2.12. The van der Waals surface area contributed by atoms with Crippen molar-refractivity contribution < 1.29 is 4.74 Å². The Morgan fingerprint density at radius 3 is 2.57 bits per heavy atom. The molecule has 0 aliphatic heterocycles. The third kappa shape index (κ3) is 4.05. The number of nitrogens with one attached hydrogen (secondary N) is 1. The van der Waals surface area contributed by atoms with Gasteiger partial charge in [0.25, 0.3) is 0 Å². The number of aromatic nitrogens is 1. The molecule has 0 amide bonds. The second-order valence-corrected chi connectivity index (χ2v) is 5.67. The van der Waals surface area contributed by atoms with Crippen molar-refractivity contribution in [1.29, 1.82) is 0 Å². The summed E-state index contributed by atoms with van der Waals surface area (Å²) in [5, 5.41) is 3.46. The number of ether oxygens (including phenoxy) is 1. The summed E-state index contributed by atoms with van der Waals surface area (Å²) in [6, 6.07) is 12.2. The summed E-state index contributed by atoms with van der Waals surface area (Å²) in [4.78, 5) is 4.73. The van der Waals surface area contributed by atoms with Crippen LogP contribution in [0.4, 0.5) is 0 Å². The standard InChI is InChI=1S/C18H24N2O/c1-13(2)11-19-12-15-9-10-17(20-14(15)3)16-7-5-6-8-18(16)21-4/h5-10,13,19H,11-12H2,1-4H3. The third-order valence-electron chi connectivity index (χ3n) is 3.45. The third-order valence-corrected chi connectivity index (χ3v) is 3.45. The van der Waals surface area contributed by atoms with E-state index in [0.717, 1.165) is 35.8 Å². The fraction of sp³-hybridized carbons (Fsp3) is 0.389. The van der Waals surface area contributed by atoms with Crippen LogP contribution in [0.15, 0.2) is 36.4 Å². The topological polar surface area (TPSA) is 34.1 Å². The number of hydrogen-bond acceptors (Lipinski definition) is 3. The van der Waals surface area contributed by atoms with E-state index in [1.54, 1.807) is 7.11 Å². The Bertz CT molecular complexity index is 594. The van der Waals surface area contributed by atoms with Crippen LogP contribution in [-0.2, 0) is 6.54 Å². The van der Waals surface area contributed by atoms with Crippen molar-refractivity contribution in [2.45, 2.75) is 27.3 Å². The van der Waals surface area contributed by atoms with E-state index in [1.165, 1.54) is 5.56 Å². The summed E-state index contributed by atoms with van der Waals surface area (Å²) in [6.07, 6.45) is 0. The Hall–Kier alpha value is -1.87. The molecule has 1 aromatic carbocycles. The van der Waals surface area contributed by atoms with Crippen molar-refractivity contribution in [1.82, 2.24) is 10.3 Å². The molecule has 1 N–H and O–H groups in total. The van der Waals surface area contributed by atoms with Crippen LogP contribution in [0.1, 0.15) is 25.1 Å². The van der Waals surface area contributed by atoms with Gasteiger partial charge in [0.1, 0.15) is 5.75 Å². The van der Waals surface area contributed by atoms with Gasteiger partial charge in [0.2, 0.25) is 0 Å². The molecule has 2 aromatic rings. The van der Waals surface area contributed by atoms with Gasteiger partial charge in [-0.2, -0.15) is 0 Å². The maximum absolute atomic E-state index is 5.41. The van der Waals surface area contributed by atoms with Gasteiger partial charge in [-0.3, -0.25) is 4.98 Å². The average Bonchev–Trinajstić information content (AvgIpc) is 2.48. The zero-order valence-corrected chi connectivity index (χ0v) is 13.3. The Balaban J connectivity index is 2.18. The molecule has 0 unspecified atom stereocenters. The number of benzene rings is 1. The molecular weight excluding hydrogens is 260 g/mol. The van der Waals surface area contributed by atoms with Crippen molar-refractivity contribution in [3.63, 3.8) is 0 Å². The largest absolute Gasteiger partial charge is 0.496 e. The van der Waals surface area contributed by atoms with Gasteiger partial charge in [0, 0.05) is 17.8 Å². The highest BCUT2D eigenvalue weighted by molar-refractivity contribution is 5.67. The second kappa shape index (κ2) is 7.23. The van der Waals surface area contributed by atoms with Gasteiger partial charge < -0.3 is 10.1 Å². The smallest absolute Gasteiger partial charge is 0.128 e. The number of para-hydroxylation sites is 1. The molecule has 0 saturated heterocycles. The van der Waals surface area contributed by atoms with E-state index < -0.39 is 0 Å². The SMILES string of the molecule is COc1ccccc1-c1ccc(CNCC(C)C)c(C)n1. The van der Waals surface area contributed by atoms with Gasteiger partial charge in [0.05, 0.1) is 12.8 Å². The Morgan fingerprint density at radius 1 is 1.14 bits per heavy atom. The second-order valence-electron chi connectivity index (χ2n) is 5.67. The summed E-state index contributed by atoms with van der Waals surface area (Å²) in [7, 11) is 1.69. The minimum Gasteiger partial charge on any atom is -0.496 e. The molecule has 0 aliphatic carbocycles. The lowest BCUT2D eigenvalue weighted by molar-refractivity contribution is 0.416. The molecule has 0 fully saturated rings. The van der Waals surface area contributed by atoms with Crippen molar-refractivity contribution in [2.24, 2.45) is 5.92 Å². The van der Waals surface area contributed by atoms with Crippen LogP contribution in [0.3, 0.4) is 0 Å². The van der Waals surface area contributed by atoms with Crippen molar-refractivity contribution >= 4 is 0 Å². The van der Waals surface area contributed by atoms with E-state index in [-0.39, 0.29) is 0 Å². The molecule has 3 nitrogen and oxygen atoms in total. The molecule has 0 spiro atoms. The quantitative estimate of drug-likeness (QED) is 0.876. The van der Waals surface area contributed by atoms with Gasteiger partial charge in [-0.1, -0.05) is 32.0 Å². The molecule has 0 radical (unpaired) electrons. The summed E-state index contributed by atoms with van der Waals surface area (Å²) in [6.45, 7) is 8.37. The molecule has 0 atom stereocenters. The number of rotatable bonds is 6. The number of pyridine rings is 1. The fourth-order valence-corrected chi connectivity index (χ4v) is 2.28. The van der Waals surface area contributed by atoms with E-state index in [2.05, 4.69) is 38.2 Å². The number of methoxy groups -OCH3 is 1. The molecule has 112 valence electrons. The van der Waals surface area contributed by atoms with Gasteiger partial charge in [-0.05, 0) is 43.1 Å². The van der Waals surface area contributed by atoms with E-state index in [4.69, 9.17) is 9.72 Å². The van der Waals surface area contributed by atoms with Crippen molar-refractivity contribution in [3.05, 3.63) is 47.7 Å². The summed E-state index contributed by atoms with van der Waals surface area (Å²) in [5.41, 5.74) is 4.30. The Morgan fingerprint density at radius 2 is 1.90 bits per heavy atom. The van der Waals surface area contributed by atoms with Gasteiger partial charge in [-0.15, -0.1) is 0 Å². The summed E-state index contributed by atoms with van der Waals surface area (Å²) < 4.78 is 5.41. The first kappa shape index (κ1) is 15.5. The zero-order valence-electron chi connectivity index (χ0n) is 13.3. The van der Waals surface area contributed by atoms with Crippen LogP contribution in [0.25, 0.3) is 11.3 Å². The van der Waals surface area contributed by atoms with Gasteiger partial charge in [0.15, 0.2) is 0 Å². The van der Waals surface area contributed by atoms with Crippen LogP contribution >= 0.6 is 0 Å². The van der Waals surface area contributed by atoms with E-state index >= 15 is 0 Å². The first-order valence-electron chi connectivity index (χ1n) is 7.42. The first-order chi connectivity index (χ1) is 10.1. The highest BCUT2D eigenvalue weighted by Crippen LogP contribution is 2.28. The lowest BCUT2D eigenvalue weighted by Crippen LogP contribution is -2.19. The molecule has 21 heavy (non-hydrogen) atoms. The normalized spacial score (nSPS) is 10.9. The first-order valence-corrected chi connectivity index (χ1v) is 7.42. The maximum atomic E-state index is 5.41. The Labute approximate surface area is 127 Å². The molecule has 1 heterocycles. The van der Waals surface area contributed by atoms with Crippen LogP contribution in [0.2, 0.25) is 0 Å². The number of nitrogens with zero attached hydrogens (tertiary/aromatic N) is 1. The lowest BCUT2D eigenvalue weighted by atomic mass is 10.1. The number of aryl methyl sites for hydroxylation is 1. The average molecular weight is 284 g/mol. The highest BCUT2D eigenvalue weighted by atomic mass is 16.5. The molecule has 0 aliphatic rings. The van der Waals surface area contributed by atoms with Crippen molar-refractivity contribution in [2.75, 3.05) is 13.7 Å². The highest BCUT2D eigenvalue weighted by Gasteiger charge is 2.08. The predicted octanol–water partition coefficient (Wildman–Crippen LogP) is 3.81.